The van der Waals surface area contributed by atoms with Crippen molar-refractivity contribution in [3.05, 3.63) is 78.8 Å². The fraction of sp³-hybridized carbons (Fsp3) is 0.0435. The third kappa shape index (κ3) is 2.57. The van der Waals surface area contributed by atoms with Crippen molar-refractivity contribution >= 4 is 27.5 Å². The van der Waals surface area contributed by atoms with Gasteiger partial charge >= 0.3 is 0 Å². The smallest absolute Gasteiger partial charge is 0.135 e. The molecule has 5 aromatic heterocycles. The molecule has 0 radical (unpaired) electrons. The number of H-pyrrole nitrogens is 2. The first-order valence-corrected chi connectivity index (χ1v) is 9.47. The Bertz CT molecular complexity index is 1420. The zero-order chi connectivity index (χ0) is 19.2. The summed E-state index contributed by atoms with van der Waals surface area (Å²) in [5.74, 6) is 0. The van der Waals surface area contributed by atoms with Crippen LogP contribution in [-0.2, 0) is 0 Å². The Morgan fingerprint density at radius 3 is 2.83 bits per heavy atom. The maximum atomic E-state index is 4.84. The number of allylic oxidation sites excluding steroid dienone is 4. The van der Waals surface area contributed by atoms with Gasteiger partial charge in [-0.2, -0.15) is 5.10 Å². The third-order valence-electron chi connectivity index (χ3n) is 5.22. The van der Waals surface area contributed by atoms with Gasteiger partial charge in [0.05, 0.1) is 34.3 Å². The highest BCUT2D eigenvalue weighted by atomic mass is 15.1. The second-order valence-corrected chi connectivity index (χ2v) is 7.01. The molecular weight excluding hydrogens is 360 g/mol. The van der Waals surface area contributed by atoms with E-state index in [-0.39, 0.29) is 0 Å². The van der Waals surface area contributed by atoms with Gasteiger partial charge in [0.25, 0.3) is 0 Å². The van der Waals surface area contributed by atoms with Gasteiger partial charge in [-0.05, 0) is 42.3 Å². The van der Waals surface area contributed by atoms with Crippen LogP contribution in [0.4, 0.5) is 0 Å². The molecule has 0 unspecified atom stereocenters. The Balaban J connectivity index is 1.52. The van der Waals surface area contributed by atoms with Gasteiger partial charge in [0.15, 0.2) is 0 Å². The zero-order valence-corrected chi connectivity index (χ0v) is 15.4. The Hall–Kier alpha value is -4.06. The number of aromatic amines is 2. The molecule has 0 saturated heterocycles. The van der Waals surface area contributed by atoms with Gasteiger partial charge < -0.3 is 4.98 Å². The molecule has 0 aromatic carbocycles. The molecule has 138 valence electrons. The van der Waals surface area contributed by atoms with Crippen LogP contribution in [0.3, 0.4) is 0 Å². The first-order chi connectivity index (χ1) is 14.4. The molecule has 0 amide bonds. The molecule has 0 fully saturated rings. The quantitative estimate of drug-likeness (QED) is 0.469. The maximum absolute atomic E-state index is 4.84. The standard InChI is InChI=1S/C23H16N6/c1-2-6-14(5-1)16-12-24-13-21-15(16)11-20(26-21)23-22-19(28-29-23)9-8-18(27-22)17-7-3-4-10-25-17/h1,3-13,26H,2H2,(H,28,29). The van der Waals surface area contributed by atoms with E-state index in [1.54, 1.807) is 6.20 Å². The summed E-state index contributed by atoms with van der Waals surface area (Å²) in [5.41, 5.74) is 8.37. The van der Waals surface area contributed by atoms with E-state index < -0.39 is 0 Å². The van der Waals surface area contributed by atoms with E-state index in [9.17, 15) is 0 Å². The van der Waals surface area contributed by atoms with Crippen LogP contribution in [0.2, 0.25) is 0 Å². The first-order valence-electron chi connectivity index (χ1n) is 9.47. The normalized spacial score (nSPS) is 13.4. The molecule has 0 atom stereocenters. The molecule has 0 aliphatic heterocycles. The van der Waals surface area contributed by atoms with Crippen molar-refractivity contribution in [2.45, 2.75) is 6.42 Å². The van der Waals surface area contributed by atoms with Crippen LogP contribution in [0.15, 0.2) is 73.2 Å². The molecule has 1 aliphatic rings. The van der Waals surface area contributed by atoms with Gasteiger partial charge in [-0.3, -0.25) is 15.1 Å². The van der Waals surface area contributed by atoms with Gasteiger partial charge in [0.2, 0.25) is 0 Å². The van der Waals surface area contributed by atoms with Gasteiger partial charge in [-0.15, -0.1) is 0 Å². The largest absolute Gasteiger partial charge is 0.352 e. The minimum absolute atomic E-state index is 0.788. The molecule has 1 aliphatic carbocycles. The van der Waals surface area contributed by atoms with Gasteiger partial charge in [0, 0.05) is 23.3 Å². The summed E-state index contributed by atoms with van der Waals surface area (Å²) in [6, 6.07) is 11.9. The van der Waals surface area contributed by atoms with E-state index in [1.165, 1.54) is 5.57 Å². The second-order valence-electron chi connectivity index (χ2n) is 7.01. The maximum Gasteiger partial charge on any atom is 0.135 e. The minimum atomic E-state index is 0.788. The van der Waals surface area contributed by atoms with Crippen LogP contribution in [-0.4, -0.2) is 30.1 Å². The average molecular weight is 376 g/mol. The highest BCUT2D eigenvalue weighted by Crippen LogP contribution is 2.33. The summed E-state index contributed by atoms with van der Waals surface area (Å²) < 4.78 is 0. The van der Waals surface area contributed by atoms with Crippen molar-refractivity contribution in [1.82, 2.24) is 30.1 Å². The number of nitrogens with zero attached hydrogens (tertiary/aromatic N) is 4. The molecule has 0 bridgehead atoms. The zero-order valence-electron chi connectivity index (χ0n) is 15.4. The number of hydrogen-bond acceptors (Lipinski definition) is 4. The van der Waals surface area contributed by atoms with Crippen molar-refractivity contribution in [3.63, 3.8) is 0 Å². The molecule has 2 N–H and O–H groups in total. The topological polar surface area (TPSA) is 83.1 Å². The lowest BCUT2D eigenvalue weighted by Gasteiger charge is -2.00. The van der Waals surface area contributed by atoms with Crippen molar-refractivity contribution in [1.29, 1.82) is 0 Å². The number of nitrogens with one attached hydrogen (secondary N) is 2. The Morgan fingerprint density at radius 1 is 0.966 bits per heavy atom. The fourth-order valence-electron chi connectivity index (χ4n) is 3.81. The Kier molecular flexibility index (Phi) is 3.43. The number of fused-ring (bicyclic) bond motifs is 2. The SMILES string of the molecule is C1=CC(c2cncc3[nH]c(-c4n[nH]c5ccc(-c6ccccn6)nc45)cc23)=CC1. The predicted molar refractivity (Wildman–Crippen MR) is 114 cm³/mol. The van der Waals surface area contributed by atoms with E-state index in [4.69, 9.17) is 4.98 Å². The van der Waals surface area contributed by atoms with E-state index in [0.29, 0.717) is 0 Å². The second kappa shape index (κ2) is 6.24. The van der Waals surface area contributed by atoms with E-state index in [0.717, 1.165) is 56.7 Å². The van der Waals surface area contributed by atoms with E-state index >= 15 is 0 Å². The summed E-state index contributed by atoms with van der Waals surface area (Å²) in [5, 5.41) is 8.75. The summed E-state index contributed by atoms with van der Waals surface area (Å²) in [6.07, 6.45) is 13.0. The Morgan fingerprint density at radius 2 is 1.97 bits per heavy atom. The summed E-state index contributed by atoms with van der Waals surface area (Å²) in [6.45, 7) is 0. The summed E-state index contributed by atoms with van der Waals surface area (Å²) >= 11 is 0. The van der Waals surface area contributed by atoms with Crippen LogP contribution in [0.25, 0.3) is 50.3 Å². The number of aromatic nitrogens is 6. The van der Waals surface area contributed by atoms with Gasteiger partial charge in [-0.1, -0.05) is 24.3 Å². The summed E-state index contributed by atoms with van der Waals surface area (Å²) in [7, 11) is 0. The van der Waals surface area contributed by atoms with Crippen LogP contribution in [0.5, 0.6) is 0 Å². The lowest BCUT2D eigenvalue weighted by molar-refractivity contribution is 1.12. The molecule has 0 spiro atoms. The fourth-order valence-corrected chi connectivity index (χ4v) is 3.81. The average Bonchev–Trinajstić information content (AvgIpc) is 3.52. The highest BCUT2D eigenvalue weighted by molar-refractivity contribution is 5.99. The molecule has 5 aromatic rings. The summed E-state index contributed by atoms with van der Waals surface area (Å²) in [4.78, 5) is 17.1. The van der Waals surface area contributed by atoms with Crippen LogP contribution >= 0.6 is 0 Å². The van der Waals surface area contributed by atoms with Crippen LogP contribution in [0, 0.1) is 0 Å². The predicted octanol–water partition coefficient (Wildman–Crippen LogP) is 4.91. The molecule has 5 heterocycles. The molecular formula is C23H16N6. The van der Waals surface area contributed by atoms with Crippen molar-refractivity contribution < 1.29 is 0 Å². The number of pyridine rings is 3. The Labute approximate surface area is 166 Å². The van der Waals surface area contributed by atoms with Crippen LogP contribution < -0.4 is 0 Å². The number of rotatable bonds is 3. The monoisotopic (exact) mass is 376 g/mol. The molecule has 0 saturated carbocycles. The minimum Gasteiger partial charge on any atom is -0.352 e. The van der Waals surface area contributed by atoms with E-state index in [2.05, 4.69) is 49.4 Å². The lowest BCUT2D eigenvalue weighted by Crippen LogP contribution is -1.87. The van der Waals surface area contributed by atoms with Gasteiger partial charge in [-0.25, -0.2) is 4.98 Å². The van der Waals surface area contributed by atoms with Crippen molar-refractivity contribution in [3.8, 4) is 22.8 Å². The highest BCUT2D eigenvalue weighted by Gasteiger charge is 2.16. The first kappa shape index (κ1) is 15.9. The molecule has 6 nitrogen and oxygen atoms in total. The number of hydrogen-bond donors (Lipinski definition) is 2. The lowest BCUT2D eigenvalue weighted by atomic mass is 10.1. The molecule has 6 heteroatoms. The molecule has 6 rings (SSSR count). The van der Waals surface area contributed by atoms with Crippen LogP contribution in [0.1, 0.15) is 12.0 Å². The van der Waals surface area contributed by atoms with Gasteiger partial charge in [0.1, 0.15) is 11.2 Å². The third-order valence-corrected chi connectivity index (χ3v) is 5.22. The van der Waals surface area contributed by atoms with Crippen molar-refractivity contribution in [2.24, 2.45) is 0 Å². The van der Waals surface area contributed by atoms with Crippen molar-refractivity contribution in [2.75, 3.05) is 0 Å². The molecule has 29 heavy (non-hydrogen) atoms. The van der Waals surface area contributed by atoms with E-state index in [1.807, 2.05) is 42.7 Å².